The largest absolute Gasteiger partial charge is 0.399 e. The first kappa shape index (κ1) is 8.28. The fraction of sp³-hybridized carbons (Fsp3) is 0.111. The highest BCUT2D eigenvalue weighted by Crippen LogP contribution is 2.12. The zero-order valence-corrected chi connectivity index (χ0v) is 6.66. The van der Waals surface area contributed by atoms with Gasteiger partial charge in [-0.2, -0.15) is 5.26 Å². The van der Waals surface area contributed by atoms with Crippen molar-refractivity contribution in [2.45, 2.75) is 6.92 Å². The molecule has 1 rings (SSSR count). The maximum absolute atomic E-state index is 10.9. The molecule has 0 aliphatic carbocycles. The third kappa shape index (κ3) is 1.43. The van der Waals surface area contributed by atoms with Crippen molar-refractivity contribution in [3.63, 3.8) is 0 Å². The highest BCUT2D eigenvalue weighted by atomic mass is 16.1. The Hall–Kier alpha value is -1.82. The Bertz CT molecular complexity index is 363. The van der Waals surface area contributed by atoms with Gasteiger partial charge in [0.2, 0.25) is 0 Å². The number of Topliss-reactive ketones (excluding diaryl/α,β-unsaturated/α-hetero) is 1. The van der Waals surface area contributed by atoms with Crippen molar-refractivity contribution >= 4 is 11.5 Å². The average Bonchev–Trinajstić information content (AvgIpc) is 2.08. The van der Waals surface area contributed by atoms with Crippen LogP contribution in [-0.2, 0) is 0 Å². The van der Waals surface area contributed by atoms with Crippen LogP contribution in [-0.4, -0.2) is 5.78 Å². The molecular formula is C9H8N2O. The van der Waals surface area contributed by atoms with E-state index in [0.717, 1.165) is 5.56 Å². The molecule has 0 aromatic heterocycles. The molecule has 0 spiro atoms. The van der Waals surface area contributed by atoms with Crippen LogP contribution in [0.4, 0.5) is 5.69 Å². The van der Waals surface area contributed by atoms with Crippen LogP contribution in [0.3, 0.4) is 0 Å². The third-order valence-electron chi connectivity index (χ3n) is 1.63. The van der Waals surface area contributed by atoms with Gasteiger partial charge in [0.25, 0.3) is 5.78 Å². The SMILES string of the molecule is Cc1cc(C(=O)C#N)ccc1N. The van der Waals surface area contributed by atoms with Gasteiger partial charge in [0, 0.05) is 11.3 Å². The van der Waals surface area contributed by atoms with Gasteiger partial charge in [-0.15, -0.1) is 0 Å². The predicted octanol–water partition coefficient (Wildman–Crippen LogP) is 1.28. The molecule has 3 nitrogen and oxygen atoms in total. The Labute approximate surface area is 70.4 Å². The monoisotopic (exact) mass is 160 g/mol. The van der Waals surface area contributed by atoms with E-state index in [-0.39, 0.29) is 0 Å². The van der Waals surface area contributed by atoms with Gasteiger partial charge in [-0.05, 0) is 30.7 Å². The molecule has 1 aromatic carbocycles. The zero-order valence-electron chi connectivity index (χ0n) is 6.66. The summed E-state index contributed by atoms with van der Waals surface area (Å²) in [6.45, 7) is 1.80. The maximum atomic E-state index is 10.9. The van der Waals surface area contributed by atoms with Crippen molar-refractivity contribution in [3.05, 3.63) is 29.3 Å². The number of nitrogens with two attached hydrogens (primary N) is 1. The lowest BCUT2D eigenvalue weighted by molar-refractivity contribution is 0.105. The van der Waals surface area contributed by atoms with E-state index in [1.54, 1.807) is 31.2 Å². The Morgan fingerprint density at radius 3 is 2.75 bits per heavy atom. The van der Waals surface area contributed by atoms with Gasteiger partial charge in [0.1, 0.15) is 6.07 Å². The van der Waals surface area contributed by atoms with Crippen LogP contribution in [0.5, 0.6) is 0 Å². The molecule has 1 aromatic rings. The molecule has 3 heteroatoms. The van der Waals surface area contributed by atoms with Gasteiger partial charge >= 0.3 is 0 Å². The number of anilines is 1. The van der Waals surface area contributed by atoms with Crippen LogP contribution < -0.4 is 5.73 Å². The number of nitrogen functional groups attached to an aromatic ring is 1. The number of carbonyl (C=O) groups excluding carboxylic acids is 1. The van der Waals surface area contributed by atoms with Crippen molar-refractivity contribution < 1.29 is 4.79 Å². The van der Waals surface area contributed by atoms with Crippen LogP contribution in [0.25, 0.3) is 0 Å². The fourth-order valence-corrected chi connectivity index (χ4v) is 0.881. The topological polar surface area (TPSA) is 66.9 Å². The summed E-state index contributed by atoms with van der Waals surface area (Å²) in [7, 11) is 0. The predicted molar refractivity (Wildman–Crippen MR) is 45.5 cm³/mol. The van der Waals surface area contributed by atoms with Crippen molar-refractivity contribution in [2.24, 2.45) is 0 Å². The van der Waals surface area contributed by atoms with Gasteiger partial charge in [-0.25, -0.2) is 0 Å². The van der Waals surface area contributed by atoms with Crippen LogP contribution in [0.1, 0.15) is 15.9 Å². The molecule has 0 atom stereocenters. The molecule has 0 heterocycles. The van der Waals surface area contributed by atoms with Crippen LogP contribution >= 0.6 is 0 Å². The molecule has 0 saturated carbocycles. The molecule has 0 aliphatic rings. The lowest BCUT2D eigenvalue weighted by atomic mass is 10.1. The molecule has 2 N–H and O–H groups in total. The number of hydrogen-bond donors (Lipinski definition) is 1. The van der Waals surface area contributed by atoms with E-state index < -0.39 is 5.78 Å². The Morgan fingerprint density at radius 1 is 1.58 bits per heavy atom. The summed E-state index contributed by atoms with van der Waals surface area (Å²) < 4.78 is 0. The van der Waals surface area contributed by atoms with Crippen LogP contribution in [0.15, 0.2) is 18.2 Å². The second kappa shape index (κ2) is 3.05. The van der Waals surface area contributed by atoms with Gasteiger partial charge in [0.15, 0.2) is 0 Å². The zero-order chi connectivity index (χ0) is 9.14. The quantitative estimate of drug-likeness (QED) is 0.382. The van der Waals surface area contributed by atoms with Gasteiger partial charge in [0.05, 0.1) is 0 Å². The normalized spacial score (nSPS) is 9.00. The van der Waals surface area contributed by atoms with E-state index >= 15 is 0 Å². The average molecular weight is 160 g/mol. The van der Waals surface area contributed by atoms with Crippen LogP contribution in [0.2, 0.25) is 0 Å². The minimum Gasteiger partial charge on any atom is -0.399 e. The molecule has 0 amide bonds. The van der Waals surface area contributed by atoms with Gasteiger partial charge in [-0.3, -0.25) is 4.79 Å². The second-order valence-electron chi connectivity index (χ2n) is 2.51. The van der Waals surface area contributed by atoms with E-state index in [9.17, 15) is 4.79 Å². The summed E-state index contributed by atoms with van der Waals surface area (Å²) >= 11 is 0. The molecule has 0 fully saturated rings. The van der Waals surface area contributed by atoms with Crippen molar-refractivity contribution in [1.29, 1.82) is 5.26 Å². The number of carbonyl (C=O) groups is 1. The van der Waals surface area contributed by atoms with Crippen LogP contribution in [0, 0.1) is 18.3 Å². The molecule has 0 saturated heterocycles. The Kier molecular flexibility index (Phi) is 2.11. The number of hydrogen-bond acceptors (Lipinski definition) is 3. The molecule has 0 aliphatic heterocycles. The summed E-state index contributed by atoms with van der Waals surface area (Å²) in [5, 5.41) is 8.32. The van der Waals surface area contributed by atoms with E-state index in [4.69, 9.17) is 11.0 Å². The molecular weight excluding hydrogens is 152 g/mol. The summed E-state index contributed by atoms with van der Waals surface area (Å²) in [5.74, 6) is -0.530. The molecule has 0 unspecified atom stereocenters. The third-order valence-corrected chi connectivity index (χ3v) is 1.63. The van der Waals surface area contributed by atoms with Gasteiger partial charge in [-0.1, -0.05) is 0 Å². The van der Waals surface area contributed by atoms with E-state index in [2.05, 4.69) is 0 Å². The smallest absolute Gasteiger partial charge is 0.262 e. The molecule has 60 valence electrons. The number of aryl methyl sites for hydroxylation is 1. The number of benzene rings is 1. The van der Waals surface area contributed by atoms with Crippen molar-refractivity contribution in [3.8, 4) is 6.07 Å². The number of nitrogens with zero attached hydrogens (tertiary/aromatic N) is 1. The lowest BCUT2D eigenvalue weighted by Crippen LogP contribution is -1.97. The maximum Gasteiger partial charge on any atom is 0.262 e. The lowest BCUT2D eigenvalue weighted by Gasteiger charge is -1.99. The van der Waals surface area contributed by atoms with E-state index in [0.29, 0.717) is 11.3 Å². The van der Waals surface area contributed by atoms with E-state index in [1.807, 2.05) is 0 Å². The minimum atomic E-state index is -0.530. The second-order valence-corrected chi connectivity index (χ2v) is 2.51. The molecule has 12 heavy (non-hydrogen) atoms. The summed E-state index contributed by atoms with van der Waals surface area (Å²) in [4.78, 5) is 10.9. The highest BCUT2D eigenvalue weighted by Gasteiger charge is 2.04. The first-order valence-electron chi connectivity index (χ1n) is 3.45. The summed E-state index contributed by atoms with van der Waals surface area (Å²) in [6, 6.07) is 6.33. The van der Waals surface area contributed by atoms with E-state index in [1.165, 1.54) is 0 Å². The first-order valence-corrected chi connectivity index (χ1v) is 3.45. The van der Waals surface area contributed by atoms with Gasteiger partial charge < -0.3 is 5.73 Å². The number of nitriles is 1. The fourth-order valence-electron chi connectivity index (χ4n) is 0.881. The highest BCUT2D eigenvalue weighted by molar-refractivity contribution is 6.07. The minimum absolute atomic E-state index is 0.393. The standard InChI is InChI=1S/C9H8N2O/c1-6-4-7(9(12)5-10)2-3-8(6)11/h2-4H,11H2,1H3. The molecule has 0 bridgehead atoms. The van der Waals surface area contributed by atoms with Crippen molar-refractivity contribution in [2.75, 3.05) is 5.73 Å². The molecule has 0 radical (unpaired) electrons. The number of ketones is 1. The van der Waals surface area contributed by atoms with Crippen molar-refractivity contribution in [1.82, 2.24) is 0 Å². The number of rotatable bonds is 1. The first-order chi connectivity index (χ1) is 5.65. The summed E-state index contributed by atoms with van der Waals surface area (Å²) in [5.41, 5.74) is 7.37. The summed E-state index contributed by atoms with van der Waals surface area (Å²) in [6.07, 6.45) is 0. The Balaban J connectivity index is 3.15. The Morgan fingerprint density at radius 2 is 2.25 bits per heavy atom.